The Morgan fingerprint density at radius 2 is 1.55 bits per heavy atom. The topological polar surface area (TPSA) is 79.9 Å². The molecule has 4 aromatic rings. The Hall–Kier alpha value is -4.62. The van der Waals surface area contributed by atoms with Crippen molar-refractivity contribution in [3.63, 3.8) is 0 Å². The monoisotopic (exact) mass is 505 g/mol. The van der Waals surface area contributed by atoms with Crippen LogP contribution < -0.4 is 20.3 Å². The van der Waals surface area contributed by atoms with Crippen molar-refractivity contribution in [1.29, 1.82) is 0 Å². The highest BCUT2D eigenvalue weighted by atomic mass is 16.5. The fraction of sp³-hybridized carbons (Fsp3) is 0.161. The predicted molar refractivity (Wildman–Crippen MR) is 148 cm³/mol. The Kier molecular flexibility index (Phi) is 6.50. The predicted octanol–water partition coefficient (Wildman–Crippen LogP) is 5.64. The van der Waals surface area contributed by atoms with Crippen molar-refractivity contribution in [3.8, 4) is 5.75 Å². The van der Waals surface area contributed by atoms with Crippen molar-refractivity contribution < 1.29 is 19.1 Å². The van der Waals surface area contributed by atoms with Gasteiger partial charge in [-0.2, -0.15) is 0 Å². The van der Waals surface area contributed by atoms with E-state index in [0.717, 1.165) is 35.7 Å². The zero-order valence-corrected chi connectivity index (χ0v) is 20.8. The van der Waals surface area contributed by atoms with Crippen molar-refractivity contribution in [2.45, 2.75) is 6.61 Å². The number of carbonyl (C=O) groups is 2. The summed E-state index contributed by atoms with van der Waals surface area (Å²) in [5.41, 5.74) is 5.96. The number of hydrogen-bond donors (Lipinski definition) is 2. The molecule has 7 heteroatoms. The van der Waals surface area contributed by atoms with Crippen molar-refractivity contribution in [1.82, 2.24) is 0 Å². The van der Waals surface area contributed by atoms with Crippen LogP contribution >= 0.6 is 0 Å². The summed E-state index contributed by atoms with van der Waals surface area (Å²) in [5, 5.41) is 6.35. The van der Waals surface area contributed by atoms with E-state index in [1.54, 1.807) is 6.07 Å². The zero-order chi connectivity index (χ0) is 25.9. The molecule has 0 aliphatic carbocycles. The van der Waals surface area contributed by atoms with Crippen LogP contribution in [0.2, 0.25) is 0 Å². The lowest BCUT2D eigenvalue weighted by Gasteiger charge is -2.29. The highest BCUT2D eigenvalue weighted by Gasteiger charge is 2.22. The number of ketones is 1. The molecule has 0 spiro atoms. The Balaban J connectivity index is 1.16. The van der Waals surface area contributed by atoms with Crippen molar-refractivity contribution in [2.75, 3.05) is 41.8 Å². The summed E-state index contributed by atoms with van der Waals surface area (Å²) < 4.78 is 11.4. The summed E-state index contributed by atoms with van der Waals surface area (Å²) in [6.45, 7) is 3.35. The van der Waals surface area contributed by atoms with Gasteiger partial charge in [0.1, 0.15) is 12.4 Å². The highest BCUT2D eigenvalue weighted by molar-refractivity contribution is 6.12. The number of nitrogens with one attached hydrogen (secondary N) is 2. The van der Waals surface area contributed by atoms with Gasteiger partial charge in [0.05, 0.1) is 18.8 Å². The third-order valence-electron chi connectivity index (χ3n) is 6.77. The van der Waals surface area contributed by atoms with Crippen LogP contribution in [-0.4, -0.2) is 38.0 Å². The van der Waals surface area contributed by atoms with Gasteiger partial charge < -0.3 is 25.0 Å². The summed E-state index contributed by atoms with van der Waals surface area (Å²) in [6, 6.07) is 28.2. The molecule has 190 valence electrons. The summed E-state index contributed by atoms with van der Waals surface area (Å²) in [7, 11) is 0. The average Bonchev–Trinajstić information content (AvgIpc) is 3.10. The number of benzene rings is 4. The molecule has 1 amide bonds. The lowest BCUT2D eigenvalue weighted by Crippen LogP contribution is -2.36. The molecule has 2 heterocycles. The Bertz CT molecular complexity index is 1510. The van der Waals surface area contributed by atoms with Crippen LogP contribution in [0.3, 0.4) is 0 Å². The number of hydrogen-bond acceptors (Lipinski definition) is 6. The van der Waals surface area contributed by atoms with E-state index in [-0.39, 0.29) is 11.7 Å². The summed E-state index contributed by atoms with van der Waals surface area (Å²) in [5.74, 6) is 0.330. The summed E-state index contributed by atoms with van der Waals surface area (Å²) >= 11 is 0. The van der Waals surface area contributed by atoms with E-state index in [1.807, 2.05) is 84.9 Å². The quantitative estimate of drug-likeness (QED) is 0.365. The first kappa shape index (κ1) is 23.8. The minimum atomic E-state index is -0.172. The number of rotatable bonds is 5. The molecule has 0 aromatic heterocycles. The first-order chi connectivity index (χ1) is 18.6. The van der Waals surface area contributed by atoms with E-state index in [4.69, 9.17) is 9.47 Å². The molecule has 38 heavy (non-hydrogen) atoms. The fourth-order valence-electron chi connectivity index (χ4n) is 4.79. The molecule has 0 atom stereocenters. The molecule has 1 saturated heterocycles. The van der Waals surface area contributed by atoms with Crippen molar-refractivity contribution in [3.05, 3.63) is 113 Å². The van der Waals surface area contributed by atoms with Gasteiger partial charge in [-0.3, -0.25) is 9.59 Å². The van der Waals surface area contributed by atoms with Crippen molar-refractivity contribution in [2.24, 2.45) is 0 Å². The van der Waals surface area contributed by atoms with Crippen LogP contribution in [-0.2, 0) is 11.3 Å². The van der Waals surface area contributed by atoms with Gasteiger partial charge in [-0.15, -0.1) is 0 Å². The second-order valence-corrected chi connectivity index (χ2v) is 9.30. The maximum atomic E-state index is 13.0. The number of ether oxygens (including phenoxy) is 2. The number of morpholine rings is 1. The molecule has 0 radical (unpaired) electrons. The molecule has 0 saturated carbocycles. The number of fused-ring (bicyclic) bond motifs is 2. The fourth-order valence-corrected chi connectivity index (χ4v) is 4.79. The SMILES string of the molecule is O=C(Nc1cccc(Nc2ccc3c(c2)OCc2ccccc2C3=O)c1)c1cccc(N2CCOCC2)c1. The molecule has 2 N–H and O–H groups in total. The van der Waals surface area contributed by atoms with Gasteiger partial charge >= 0.3 is 0 Å². The Labute approximate surface area is 221 Å². The molecule has 0 bridgehead atoms. The third-order valence-corrected chi connectivity index (χ3v) is 6.77. The first-order valence-electron chi connectivity index (χ1n) is 12.6. The van der Waals surface area contributed by atoms with Gasteiger partial charge in [-0.05, 0) is 48.5 Å². The van der Waals surface area contributed by atoms with Crippen LogP contribution in [0, 0.1) is 0 Å². The lowest BCUT2D eigenvalue weighted by atomic mass is 9.99. The molecule has 1 fully saturated rings. The number of nitrogens with zero attached hydrogens (tertiary/aromatic N) is 1. The molecular weight excluding hydrogens is 478 g/mol. The van der Waals surface area contributed by atoms with Crippen molar-refractivity contribution >= 4 is 34.4 Å². The average molecular weight is 506 g/mol. The van der Waals surface area contributed by atoms with E-state index in [1.165, 1.54) is 0 Å². The molecule has 4 aromatic carbocycles. The third kappa shape index (κ3) is 4.96. The van der Waals surface area contributed by atoms with E-state index in [0.29, 0.717) is 47.9 Å². The standard InChI is InChI=1S/C31H27N3O4/c35-30-27-10-2-1-5-22(27)20-38-29-19-25(11-12-28(29)30)32-23-7-4-8-24(18-23)33-31(36)21-6-3-9-26(17-21)34-13-15-37-16-14-34/h1-12,17-19,32H,13-16,20H2,(H,33,36). The van der Waals surface area contributed by atoms with Gasteiger partial charge in [0.15, 0.2) is 5.78 Å². The maximum Gasteiger partial charge on any atom is 0.255 e. The smallest absolute Gasteiger partial charge is 0.255 e. The second-order valence-electron chi connectivity index (χ2n) is 9.30. The van der Waals surface area contributed by atoms with Crippen LogP contribution in [0.1, 0.15) is 31.8 Å². The van der Waals surface area contributed by atoms with Gasteiger partial charge in [-0.1, -0.05) is 36.4 Å². The maximum absolute atomic E-state index is 13.0. The van der Waals surface area contributed by atoms with Crippen LogP contribution in [0.4, 0.5) is 22.7 Å². The van der Waals surface area contributed by atoms with E-state index < -0.39 is 0 Å². The Morgan fingerprint density at radius 3 is 2.45 bits per heavy atom. The molecule has 6 rings (SSSR count). The largest absolute Gasteiger partial charge is 0.488 e. The lowest BCUT2D eigenvalue weighted by molar-refractivity contribution is 0.102. The normalized spacial score (nSPS) is 14.5. The summed E-state index contributed by atoms with van der Waals surface area (Å²) in [4.78, 5) is 28.3. The van der Waals surface area contributed by atoms with Gasteiger partial charge in [0.2, 0.25) is 0 Å². The summed E-state index contributed by atoms with van der Waals surface area (Å²) in [6.07, 6.45) is 0. The zero-order valence-electron chi connectivity index (χ0n) is 20.8. The first-order valence-corrected chi connectivity index (χ1v) is 12.6. The van der Waals surface area contributed by atoms with E-state index in [2.05, 4.69) is 15.5 Å². The van der Waals surface area contributed by atoms with Crippen LogP contribution in [0.5, 0.6) is 5.75 Å². The second kappa shape index (κ2) is 10.4. The molecule has 7 nitrogen and oxygen atoms in total. The molecule has 2 aliphatic heterocycles. The highest BCUT2D eigenvalue weighted by Crippen LogP contribution is 2.32. The van der Waals surface area contributed by atoms with Gasteiger partial charge in [-0.25, -0.2) is 0 Å². The molecular formula is C31H27N3O4. The van der Waals surface area contributed by atoms with Gasteiger partial charge in [0.25, 0.3) is 5.91 Å². The van der Waals surface area contributed by atoms with E-state index in [9.17, 15) is 9.59 Å². The van der Waals surface area contributed by atoms with Crippen LogP contribution in [0.25, 0.3) is 0 Å². The number of amides is 1. The van der Waals surface area contributed by atoms with Crippen LogP contribution in [0.15, 0.2) is 91.0 Å². The molecule has 0 unspecified atom stereocenters. The van der Waals surface area contributed by atoms with Gasteiger partial charge in [0, 0.05) is 58.6 Å². The Morgan fingerprint density at radius 1 is 0.763 bits per heavy atom. The minimum absolute atomic E-state index is 0.0398. The number of anilines is 4. The van der Waals surface area contributed by atoms with E-state index >= 15 is 0 Å². The number of carbonyl (C=O) groups excluding carboxylic acids is 2. The minimum Gasteiger partial charge on any atom is -0.488 e. The molecule has 2 aliphatic rings.